The molecule has 35 heavy (non-hydrogen) atoms. The second-order valence-corrected chi connectivity index (χ2v) is 9.86. The molecule has 3 aromatic rings. The Kier molecular flexibility index (Phi) is 7.74. The Balaban J connectivity index is 1.25. The second-order valence-electron chi connectivity index (χ2n) is 8.05. The highest BCUT2D eigenvalue weighted by molar-refractivity contribution is 7.92. The van der Waals surface area contributed by atoms with Gasteiger partial charge in [-0.15, -0.1) is 0 Å². The van der Waals surface area contributed by atoms with Gasteiger partial charge in [-0.3, -0.25) is 9.59 Å². The zero-order valence-electron chi connectivity index (χ0n) is 19.1. The highest BCUT2D eigenvalue weighted by Gasteiger charge is 2.27. The number of nitrogens with zero attached hydrogens (tertiary/aromatic N) is 2. The van der Waals surface area contributed by atoms with E-state index < -0.39 is 10.0 Å². The summed E-state index contributed by atoms with van der Waals surface area (Å²) in [6, 6.07) is 24.9. The van der Waals surface area contributed by atoms with Crippen molar-refractivity contribution in [2.24, 2.45) is 0 Å². The molecule has 7 nitrogen and oxygen atoms in total. The Morgan fingerprint density at radius 3 is 1.97 bits per heavy atom. The molecule has 3 aromatic carbocycles. The molecule has 0 aromatic heterocycles. The van der Waals surface area contributed by atoms with E-state index in [0.717, 1.165) is 5.56 Å². The van der Waals surface area contributed by atoms with Gasteiger partial charge < -0.3 is 9.64 Å². The van der Waals surface area contributed by atoms with Crippen LogP contribution in [0.4, 0.5) is 0 Å². The number of amides is 1. The van der Waals surface area contributed by atoms with E-state index in [-0.39, 0.29) is 31.4 Å². The number of carbonyl (C=O) groups is 2. The van der Waals surface area contributed by atoms with Crippen molar-refractivity contribution >= 4 is 27.8 Å². The van der Waals surface area contributed by atoms with Crippen LogP contribution in [0.25, 0.3) is 6.08 Å². The first-order valence-electron chi connectivity index (χ1n) is 11.3. The number of sulfonamides is 1. The van der Waals surface area contributed by atoms with Crippen molar-refractivity contribution in [3.05, 3.63) is 107 Å². The topological polar surface area (TPSA) is 84.0 Å². The number of ketones is 1. The monoisotopic (exact) mass is 490 g/mol. The first kappa shape index (κ1) is 24.4. The van der Waals surface area contributed by atoms with Crippen LogP contribution in [0.2, 0.25) is 0 Å². The van der Waals surface area contributed by atoms with Gasteiger partial charge in [0.1, 0.15) is 5.75 Å². The molecule has 0 saturated carbocycles. The van der Waals surface area contributed by atoms with E-state index in [1.165, 1.54) is 9.71 Å². The van der Waals surface area contributed by atoms with Gasteiger partial charge in [0.05, 0.1) is 0 Å². The number of carbonyl (C=O) groups excluding carboxylic acids is 2. The first-order chi connectivity index (χ1) is 16.9. The number of hydrogen-bond donors (Lipinski definition) is 0. The second kappa shape index (κ2) is 11.1. The zero-order valence-corrected chi connectivity index (χ0v) is 19.9. The molecule has 4 rings (SSSR count). The lowest BCUT2D eigenvalue weighted by Crippen LogP contribution is -2.51. The van der Waals surface area contributed by atoms with E-state index in [1.54, 1.807) is 47.4 Å². The quantitative estimate of drug-likeness (QED) is 0.452. The van der Waals surface area contributed by atoms with Crippen molar-refractivity contribution in [3.8, 4) is 5.75 Å². The maximum absolute atomic E-state index is 12.6. The fourth-order valence-corrected chi connectivity index (χ4v) is 4.88. The molecule has 1 saturated heterocycles. The van der Waals surface area contributed by atoms with Crippen molar-refractivity contribution < 1.29 is 22.7 Å². The van der Waals surface area contributed by atoms with E-state index in [1.807, 2.05) is 48.5 Å². The van der Waals surface area contributed by atoms with E-state index in [0.29, 0.717) is 30.0 Å². The summed E-state index contributed by atoms with van der Waals surface area (Å²) in [7, 11) is -3.56. The van der Waals surface area contributed by atoms with Crippen LogP contribution in [-0.4, -0.2) is 62.1 Å². The molecule has 0 bridgehead atoms. The maximum atomic E-state index is 12.6. The van der Waals surface area contributed by atoms with Gasteiger partial charge in [0, 0.05) is 42.7 Å². The first-order valence-corrected chi connectivity index (χ1v) is 12.8. The third kappa shape index (κ3) is 6.44. The minimum atomic E-state index is -3.56. The normalized spacial score (nSPS) is 14.7. The van der Waals surface area contributed by atoms with Crippen molar-refractivity contribution in [1.82, 2.24) is 9.21 Å². The largest absolute Gasteiger partial charge is 0.484 e. The van der Waals surface area contributed by atoms with Gasteiger partial charge in [0.25, 0.3) is 5.91 Å². The third-order valence-corrected chi connectivity index (χ3v) is 7.26. The van der Waals surface area contributed by atoms with E-state index in [2.05, 4.69) is 0 Å². The summed E-state index contributed by atoms with van der Waals surface area (Å²) in [5, 5.41) is 1.20. The van der Waals surface area contributed by atoms with Crippen LogP contribution in [0.3, 0.4) is 0 Å². The molecule has 1 amide bonds. The summed E-state index contributed by atoms with van der Waals surface area (Å²) in [4.78, 5) is 26.6. The Hall–Kier alpha value is -3.75. The summed E-state index contributed by atoms with van der Waals surface area (Å²) in [5.41, 5.74) is 1.95. The summed E-state index contributed by atoms with van der Waals surface area (Å²) in [5.74, 6) is 0.182. The standard InChI is InChI=1S/C27H26N2O5S/c30-26(21-34-25-13-11-24(12-14-25)27(31)23-9-5-2-6-10-23)28-16-18-29(19-17-28)35(32,33)20-15-22-7-3-1-4-8-22/h1-15,20H,16-19,21H2. The Bertz CT molecular complexity index is 1280. The maximum Gasteiger partial charge on any atom is 0.260 e. The summed E-state index contributed by atoms with van der Waals surface area (Å²) in [6.07, 6.45) is 1.57. The molecule has 8 heteroatoms. The third-order valence-electron chi connectivity index (χ3n) is 5.70. The zero-order chi connectivity index (χ0) is 24.7. The minimum absolute atomic E-state index is 0.0836. The lowest BCUT2D eigenvalue weighted by atomic mass is 10.0. The molecule has 0 unspecified atom stereocenters. The molecule has 0 spiro atoms. The molecule has 0 N–H and O–H groups in total. The minimum Gasteiger partial charge on any atom is -0.484 e. The fraction of sp³-hybridized carbons (Fsp3) is 0.185. The van der Waals surface area contributed by atoms with Crippen LogP contribution < -0.4 is 4.74 Å². The summed E-state index contributed by atoms with van der Waals surface area (Å²) >= 11 is 0. The van der Waals surface area contributed by atoms with Crippen LogP contribution in [0.5, 0.6) is 5.75 Å². The van der Waals surface area contributed by atoms with Crippen molar-refractivity contribution in [2.45, 2.75) is 0 Å². The lowest BCUT2D eigenvalue weighted by molar-refractivity contribution is -0.134. The number of benzene rings is 3. The van der Waals surface area contributed by atoms with E-state index >= 15 is 0 Å². The Morgan fingerprint density at radius 2 is 1.34 bits per heavy atom. The molecule has 1 aliphatic heterocycles. The summed E-state index contributed by atoms with van der Waals surface area (Å²) in [6.45, 7) is 0.885. The van der Waals surface area contributed by atoms with Crippen molar-refractivity contribution in [3.63, 3.8) is 0 Å². The van der Waals surface area contributed by atoms with Gasteiger partial charge in [-0.2, -0.15) is 4.31 Å². The Morgan fingerprint density at radius 1 is 0.771 bits per heavy atom. The number of hydrogen-bond acceptors (Lipinski definition) is 5. The van der Waals surface area contributed by atoms with Crippen molar-refractivity contribution in [1.29, 1.82) is 0 Å². The fourth-order valence-electron chi connectivity index (χ4n) is 3.70. The molecule has 0 aliphatic carbocycles. The van der Waals surface area contributed by atoms with Crippen LogP contribution in [0, 0.1) is 0 Å². The average Bonchev–Trinajstić information content (AvgIpc) is 2.91. The summed E-state index contributed by atoms with van der Waals surface area (Å²) < 4.78 is 32.2. The van der Waals surface area contributed by atoms with Gasteiger partial charge >= 0.3 is 0 Å². The van der Waals surface area contributed by atoms with Gasteiger partial charge in [-0.05, 0) is 35.9 Å². The average molecular weight is 491 g/mol. The van der Waals surface area contributed by atoms with Crippen LogP contribution in [0.1, 0.15) is 21.5 Å². The molecule has 1 heterocycles. The molecule has 1 fully saturated rings. The molecule has 1 aliphatic rings. The van der Waals surface area contributed by atoms with Crippen LogP contribution >= 0.6 is 0 Å². The molecular formula is C27H26N2O5S. The highest BCUT2D eigenvalue weighted by Crippen LogP contribution is 2.16. The molecule has 180 valence electrons. The number of piperazine rings is 1. The SMILES string of the molecule is O=C(c1ccccc1)c1ccc(OCC(=O)N2CCN(S(=O)(=O)C=Cc3ccccc3)CC2)cc1. The van der Waals surface area contributed by atoms with E-state index in [9.17, 15) is 18.0 Å². The lowest BCUT2D eigenvalue weighted by Gasteiger charge is -2.33. The predicted molar refractivity (Wildman–Crippen MR) is 134 cm³/mol. The Labute approximate surface area is 205 Å². The van der Waals surface area contributed by atoms with Crippen molar-refractivity contribution in [2.75, 3.05) is 32.8 Å². The molecule has 0 radical (unpaired) electrons. The predicted octanol–water partition coefficient (Wildman–Crippen LogP) is 3.44. The molecular weight excluding hydrogens is 464 g/mol. The van der Waals surface area contributed by atoms with Gasteiger partial charge in [-0.25, -0.2) is 8.42 Å². The van der Waals surface area contributed by atoms with E-state index in [4.69, 9.17) is 4.74 Å². The van der Waals surface area contributed by atoms with Crippen LogP contribution in [0.15, 0.2) is 90.3 Å². The number of rotatable bonds is 8. The van der Waals surface area contributed by atoms with Gasteiger partial charge in [-0.1, -0.05) is 60.7 Å². The molecule has 0 atom stereocenters. The van der Waals surface area contributed by atoms with Crippen LogP contribution in [-0.2, 0) is 14.8 Å². The number of ether oxygens (including phenoxy) is 1. The van der Waals surface area contributed by atoms with Gasteiger partial charge in [0.15, 0.2) is 12.4 Å². The smallest absolute Gasteiger partial charge is 0.260 e. The van der Waals surface area contributed by atoms with Gasteiger partial charge in [0.2, 0.25) is 10.0 Å². The highest BCUT2D eigenvalue weighted by atomic mass is 32.2.